The monoisotopic (exact) mass is 354 g/mol. The molecule has 0 aliphatic carbocycles. The molecule has 132 valence electrons. The van der Waals surface area contributed by atoms with E-state index in [-0.39, 0.29) is 19.9 Å². The summed E-state index contributed by atoms with van der Waals surface area (Å²) in [6, 6.07) is 11.7. The Labute approximate surface area is 152 Å². The first kappa shape index (κ1) is 19.5. The highest BCUT2D eigenvalue weighted by Crippen LogP contribution is 2.35. The van der Waals surface area contributed by atoms with E-state index in [1.807, 2.05) is 57.2 Å². The molecule has 0 aliphatic rings. The van der Waals surface area contributed by atoms with Crippen LogP contribution in [0.15, 0.2) is 36.4 Å². The Hall–Kier alpha value is -1.79. The van der Waals surface area contributed by atoms with Crippen molar-refractivity contribution >= 4 is 14.2 Å². The van der Waals surface area contributed by atoms with Crippen molar-refractivity contribution in [1.82, 2.24) is 0 Å². The van der Waals surface area contributed by atoms with Crippen LogP contribution in [-0.2, 0) is 4.57 Å². The lowest BCUT2D eigenvalue weighted by Gasteiger charge is -2.16. The van der Waals surface area contributed by atoms with Crippen LogP contribution >= 0.6 is 8.46 Å². The second-order valence-corrected chi connectivity index (χ2v) is 7.64. The van der Waals surface area contributed by atoms with Crippen LogP contribution in [0.3, 0.4) is 0 Å². The van der Waals surface area contributed by atoms with Crippen molar-refractivity contribution in [1.29, 1.82) is 0 Å². The SMILES string of the molecule is CCCCCC(P=O)c1ccccc1C(=O)c1c(C)cc(C)cc1C. The Kier molecular flexibility index (Phi) is 7.08. The molecule has 2 nitrogen and oxygen atoms in total. The van der Waals surface area contributed by atoms with Gasteiger partial charge in [-0.25, -0.2) is 0 Å². The number of benzene rings is 2. The van der Waals surface area contributed by atoms with Crippen LogP contribution in [0.2, 0.25) is 0 Å². The van der Waals surface area contributed by atoms with Crippen molar-refractivity contribution in [3.05, 3.63) is 69.8 Å². The number of hydrogen-bond acceptors (Lipinski definition) is 2. The molecule has 0 saturated heterocycles. The van der Waals surface area contributed by atoms with Gasteiger partial charge in [0.05, 0.1) is 5.66 Å². The van der Waals surface area contributed by atoms with Crippen LogP contribution in [0.1, 0.15) is 76.4 Å². The summed E-state index contributed by atoms with van der Waals surface area (Å²) in [7, 11) is 0.0917. The van der Waals surface area contributed by atoms with E-state index in [4.69, 9.17) is 0 Å². The highest BCUT2D eigenvalue weighted by atomic mass is 31.1. The Morgan fingerprint density at radius 2 is 1.68 bits per heavy atom. The highest BCUT2D eigenvalue weighted by molar-refractivity contribution is 7.24. The molecule has 1 atom stereocenters. The molecular weight excluding hydrogens is 327 g/mol. The van der Waals surface area contributed by atoms with Crippen molar-refractivity contribution in [3.8, 4) is 0 Å². The zero-order valence-corrected chi connectivity index (χ0v) is 16.5. The maximum absolute atomic E-state index is 13.3. The average molecular weight is 354 g/mol. The van der Waals surface area contributed by atoms with E-state index in [0.29, 0.717) is 5.56 Å². The summed E-state index contributed by atoms with van der Waals surface area (Å²) in [5, 5.41) is 0. The van der Waals surface area contributed by atoms with E-state index in [1.165, 1.54) is 0 Å². The Bertz CT molecular complexity index is 741. The van der Waals surface area contributed by atoms with Gasteiger partial charge in [0.25, 0.3) is 0 Å². The van der Waals surface area contributed by atoms with Gasteiger partial charge in [-0.2, -0.15) is 0 Å². The molecule has 2 rings (SSSR count). The van der Waals surface area contributed by atoms with Crippen molar-refractivity contribution < 1.29 is 9.36 Å². The lowest BCUT2D eigenvalue weighted by molar-refractivity contribution is 0.103. The molecule has 0 bridgehead atoms. The quantitative estimate of drug-likeness (QED) is 0.298. The van der Waals surface area contributed by atoms with E-state index in [1.54, 1.807) is 0 Å². The highest BCUT2D eigenvalue weighted by Gasteiger charge is 2.22. The number of carbonyl (C=O) groups is 1. The van der Waals surface area contributed by atoms with E-state index in [2.05, 4.69) is 6.92 Å². The molecule has 2 aromatic rings. The lowest BCUT2D eigenvalue weighted by Crippen LogP contribution is -2.10. The maximum Gasteiger partial charge on any atom is 0.193 e. The minimum absolute atomic E-state index is 0.0368. The smallest absolute Gasteiger partial charge is 0.193 e. The first-order valence-corrected chi connectivity index (χ1v) is 9.91. The zero-order chi connectivity index (χ0) is 18.4. The fraction of sp³-hybridized carbons (Fsp3) is 0.409. The van der Waals surface area contributed by atoms with Gasteiger partial charge in [0.1, 0.15) is 0 Å². The summed E-state index contributed by atoms with van der Waals surface area (Å²) in [5.74, 6) is 0.0368. The fourth-order valence-electron chi connectivity index (χ4n) is 3.52. The van der Waals surface area contributed by atoms with Crippen molar-refractivity contribution in [2.24, 2.45) is 0 Å². The van der Waals surface area contributed by atoms with E-state index in [9.17, 15) is 9.36 Å². The minimum Gasteiger partial charge on any atom is -0.289 e. The Balaban J connectivity index is 2.43. The van der Waals surface area contributed by atoms with Gasteiger partial charge in [-0.05, 0) is 43.9 Å². The van der Waals surface area contributed by atoms with E-state index >= 15 is 0 Å². The summed E-state index contributed by atoms with van der Waals surface area (Å²) in [6.07, 6.45) is 4.12. The van der Waals surface area contributed by atoms with Crippen LogP contribution in [-0.4, -0.2) is 5.78 Å². The van der Waals surface area contributed by atoms with Crippen LogP contribution in [0.4, 0.5) is 0 Å². The maximum atomic E-state index is 13.3. The molecule has 0 spiro atoms. The third kappa shape index (κ3) is 4.64. The van der Waals surface area contributed by atoms with Gasteiger partial charge in [-0.3, -0.25) is 9.36 Å². The summed E-state index contributed by atoms with van der Waals surface area (Å²) < 4.78 is 11.8. The van der Waals surface area contributed by atoms with Gasteiger partial charge >= 0.3 is 0 Å². The van der Waals surface area contributed by atoms with Gasteiger partial charge in [0.15, 0.2) is 14.2 Å². The molecule has 0 amide bonds. The number of rotatable bonds is 8. The van der Waals surface area contributed by atoms with E-state index < -0.39 is 0 Å². The fourth-order valence-corrected chi connectivity index (χ4v) is 4.15. The van der Waals surface area contributed by atoms with E-state index in [0.717, 1.165) is 53.5 Å². The third-order valence-electron chi connectivity index (χ3n) is 4.68. The zero-order valence-electron chi connectivity index (χ0n) is 15.6. The summed E-state index contributed by atoms with van der Waals surface area (Å²) in [4.78, 5) is 13.3. The summed E-state index contributed by atoms with van der Waals surface area (Å²) >= 11 is 0. The van der Waals surface area contributed by atoms with Crippen LogP contribution in [0.5, 0.6) is 0 Å². The molecule has 0 N–H and O–H groups in total. The average Bonchev–Trinajstić information content (AvgIpc) is 2.58. The number of carbonyl (C=O) groups excluding carboxylic acids is 1. The Morgan fingerprint density at radius 1 is 1.04 bits per heavy atom. The number of ketones is 1. The van der Waals surface area contributed by atoms with Crippen LogP contribution < -0.4 is 0 Å². The van der Waals surface area contributed by atoms with Crippen molar-refractivity contribution in [2.45, 2.75) is 59.0 Å². The third-order valence-corrected chi connectivity index (χ3v) is 5.47. The first-order valence-electron chi connectivity index (χ1n) is 9.03. The molecule has 0 saturated carbocycles. The molecule has 3 heteroatoms. The molecule has 1 unspecified atom stereocenters. The molecule has 0 fully saturated rings. The second kappa shape index (κ2) is 9.06. The van der Waals surface area contributed by atoms with Gasteiger partial charge in [-0.1, -0.05) is 68.1 Å². The number of unbranched alkanes of at least 4 members (excludes halogenated alkanes) is 2. The van der Waals surface area contributed by atoms with Crippen molar-refractivity contribution in [3.63, 3.8) is 0 Å². The standard InChI is InChI=1S/C22H27O2P/c1-5-6-7-12-20(25-24)18-10-8-9-11-19(18)22(23)21-16(3)13-15(2)14-17(21)4/h8-11,13-14,20H,5-7,12H2,1-4H3. The summed E-state index contributed by atoms with van der Waals surface area (Å²) in [6.45, 7) is 8.17. The summed E-state index contributed by atoms with van der Waals surface area (Å²) in [5.41, 5.74) is 5.40. The van der Waals surface area contributed by atoms with Gasteiger partial charge in [0, 0.05) is 11.1 Å². The van der Waals surface area contributed by atoms with Gasteiger partial charge < -0.3 is 0 Å². The molecule has 0 aromatic heterocycles. The predicted molar refractivity (Wildman–Crippen MR) is 105 cm³/mol. The second-order valence-electron chi connectivity index (χ2n) is 6.81. The molecule has 2 aromatic carbocycles. The minimum atomic E-state index is -0.113. The van der Waals surface area contributed by atoms with Crippen molar-refractivity contribution in [2.75, 3.05) is 0 Å². The molecule has 25 heavy (non-hydrogen) atoms. The largest absolute Gasteiger partial charge is 0.289 e. The predicted octanol–water partition coefficient (Wildman–Crippen LogP) is 6.76. The first-order chi connectivity index (χ1) is 12.0. The lowest BCUT2D eigenvalue weighted by atomic mass is 9.89. The topological polar surface area (TPSA) is 34.1 Å². The Morgan fingerprint density at radius 3 is 2.28 bits per heavy atom. The van der Waals surface area contributed by atoms with Crippen LogP contribution in [0.25, 0.3) is 0 Å². The number of aryl methyl sites for hydroxylation is 3. The molecule has 0 radical (unpaired) electrons. The molecule has 0 aliphatic heterocycles. The van der Waals surface area contributed by atoms with Gasteiger partial charge in [-0.15, -0.1) is 0 Å². The number of hydrogen-bond donors (Lipinski definition) is 0. The normalized spacial score (nSPS) is 12.3. The molecule has 0 heterocycles. The van der Waals surface area contributed by atoms with Crippen LogP contribution in [0, 0.1) is 20.8 Å². The van der Waals surface area contributed by atoms with Gasteiger partial charge in [0.2, 0.25) is 0 Å². The molecular formula is C22H27O2P.